The molecule has 1 atom stereocenters. The summed E-state index contributed by atoms with van der Waals surface area (Å²) in [5, 5.41) is 6.32. The Morgan fingerprint density at radius 1 is 1.07 bits per heavy atom. The maximum absolute atomic E-state index is 13.4. The highest BCUT2D eigenvalue weighted by Gasteiger charge is 2.34. The fourth-order valence-corrected chi connectivity index (χ4v) is 3.97. The zero-order valence-electron chi connectivity index (χ0n) is 16.2. The van der Waals surface area contributed by atoms with Crippen LogP contribution in [0.25, 0.3) is 0 Å². The summed E-state index contributed by atoms with van der Waals surface area (Å²) in [6.07, 6.45) is 2.90. The van der Waals surface area contributed by atoms with E-state index in [9.17, 15) is 9.18 Å². The molecule has 2 aliphatic rings. The molecule has 5 heteroatoms. The van der Waals surface area contributed by atoms with Crippen molar-refractivity contribution in [3.05, 3.63) is 71.5 Å². The van der Waals surface area contributed by atoms with E-state index in [1.54, 1.807) is 17.1 Å². The van der Waals surface area contributed by atoms with E-state index in [4.69, 9.17) is 5.10 Å². The number of piperidine rings is 1. The second-order valence-electron chi connectivity index (χ2n) is 7.88. The highest BCUT2D eigenvalue weighted by Crippen LogP contribution is 2.33. The molecule has 2 heterocycles. The van der Waals surface area contributed by atoms with E-state index in [1.165, 1.54) is 12.1 Å². The second-order valence-corrected chi connectivity index (χ2v) is 7.88. The number of halogens is 1. The molecule has 1 amide bonds. The average molecular weight is 379 g/mol. The first-order chi connectivity index (χ1) is 13.6. The lowest BCUT2D eigenvalue weighted by Crippen LogP contribution is -2.41. The van der Waals surface area contributed by atoms with Gasteiger partial charge in [-0.15, -0.1) is 0 Å². The summed E-state index contributed by atoms with van der Waals surface area (Å²) in [5.41, 5.74) is 2.84. The third kappa shape index (κ3) is 4.14. The van der Waals surface area contributed by atoms with Crippen molar-refractivity contribution in [2.24, 2.45) is 11.0 Å². The molecule has 28 heavy (non-hydrogen) atoms. The van der Waals surface area contributed by atoms with Crippen molar-refractivity contribution in [2.75, 3.05) is 19.6 Å². The third-order valence-corrected chi connectivity index (χ3v) is 5.76. The van der Waals surface area contributed by atoms with Gasteiger partial charge in [-0.25, -0.2) is 9.40 Å². The van der Waals surface area contributed by atoms with Crippen molar-refractivity contribution in [3.63, 3.8) is 0 Å². The van der Waals surface area contributed by atoms with Crippen molar-refractivity contribution in [1.29, 1.82) is 0 Å². The molecule has 4 nitrogen and oxygen atoms in total. The topological polar surface area (TPSA) is 35.9 Å². The Morgan fingerprint density at radius 3 is 2.43 bits per heavy atom. The van der Waals surface area contributed by atoms with Crippen LogP contribution < -0.4 is 0 Å². The molecule has 0 aromatic heterocycles. The highest BCUT2D eigenvalue weighted by atomic mass is 19.1. The van der Waals surface area contributed by atoms with Crippen molar-refractivity contribution in [3.8, 4) is 0 Å². The third-order valence-electron chi connectivity index (χ3n) is 5.76. The Hall–Kier alpha value is -2.53. The van der Waals surface area contributed by atoms with Crippen LogP contribution in [0, 0.1) is 11.7 Å². The van der Waals surface area contributed by atoms with Gasteiger partial charge in [0.25, 0.3) is 5.91 Å². The van der Waals surface area contributed by atoms with E-state index >= 15 is 0 Å². The Balaban J connectivity index is 1.56. The molecular formula is C23H26FN3O. The average Bonchev–Trinajstić information content (AvgIpc) is 3.17. The minimum atomic E-state index is -0.272. The maximum Gasteiger partial charge on any atom is 0.257 e. The number of amides is 1. The largest absolute Gasteiger partial charge is 0.294 e. The number of rotatable bonds is 4. The molecule has 0 unspecified atom stereocenters. The Kier molecular flexibility index (Phi) is 5.53. The molecular weight excluding hydrogens is 353 g/mol. The zero-order chi connectivity index (χ0) is 19.5. The summed E-state index contributed by atoms with van der Waals surface area (Å²) in [6.45, 7) is 4.56. The summed E-state index contributed by atoms with van der Waals surface area (Å²) in [7, 11) is 0. The number of hydrogen-bond donors (Lipinski definition) is 0. The van der Waals surface area contributed by atoms with Crippen LogP contribution in [0.5, 0.6) is 0 Å². The highest BCUT2D eigenvalue weighted by molar-refractivity contribution is 6.03. The second kappa shape index (κ2) is 8.23. The summed E-state index contributed by atoms with van der Waals surface area (Å²) >= 11 is 0. The SMILES string of the molecule is CC1CCN(CC(=O)N2N=C(c3ccccc3)C[C@H]2c2ccc(F)cc2)CC1. The molecule has 0 spiro atoms. The van der Waals surface area contributed by atoms with E-state index in [1.807, 2.05) is 30.3 Å². The fraction of sp³-hybridized carbons (Fsp3) is 0.391. The number of hydrazone groups is 1. The first-order valence-corrected chi connectivity index (χ1v) is 10.0. The minimum Gasteiger partial charge on any atom is -0.294 e. The maximum atomic E-state index is 13.4. The molecule has 2 aliphatic heterocycles. The molecule has 0 radical (unpaired) electrons. The fourth-order valence-electron chi connectivity index (χ4n) is 3.97. The summed E-state index contributed by atoms with van der Waals surface area (Å²) in [6, 6.07) is 16.2. The lowest BCUT2D eigenvalue weighted by atomic mass is 9.98. The van der Waals surface area contributed by atoms with Crippen molar-refractivity contribution in [2.45, 2.75) is 32.2 Å². The van der Waals surface area contributed by atoms with E-state index in [0.29, 0.717) is 13.0 Å². The predicted octanol–water partition coefficient (Wildman–Crippen LogP) is 4.24. The zero-order valence-corrected chi connectivity index (χ0v) is 16.2. The number of hydrogen-bond acceptors (Lipinski definition) is 3. The number of nitrogens with zero attached hydrogens (tertiary/aromatic N) is 3. The lowest BCUT2D eigenvalue weighted by molar-refractivity contribution is -0.134. The molecule has 1 fully saturated rings. The van der Waals surface area contributed by atoms with Crippen LogP contribution in [0.4, 0.5) is 4.39 Å². The van der Waals surface area contributed by atoms with Crippen molar-refractivity contribution >= 4 is 11.6 Å². The quantitative estimate of drug-likeness (QED) is 0.797. The Labute approximate surface area is 165 Å². The van der Waals surface area contributed by atoms with Gasteiger partial charge in [0.15, 0.2) is 0 Å². The van der Waals surface area contributed by atoms with E-state index in [-0.39, 0.29) is 17.8 Å². The van der Waals surface area contributed by atoms with Gasteiger partial charge < -0.3 is 0 Å². The lowest BCUT2D eigenvalue weighted by Gasteiger charge is -2.31. The van der Waals surface area contributed by atoms with Crippen LogP contribution in [-0.4, -0.2) is 41.2 Å². The standard InChI is InChI=1S/C23H26FN3O/c1-17-11-13-26(14-12-17)16-23(28)27-22(19-7-9-20(24)10-8-19)15-21(25-27)18-5-3-2-4-6-18/h2-10,17,22H,11-16H2,1H3/t22-/m0/s1. The Morgan fingerprint density at radius 2 is 1.75 bits per heavy atom. The van der Waals surface area contributed by atoms with Crippen LogP contribution in [0.2, 0.25) is 0 Å². The van der Waals surface area contributed by atoms with Gasteiger partial charge in [-0.05, 0) is 55.1 Å². The van der Waals surface area contributed by atoms with Crippen LogP contribution in [-0.2, 0) is 4.79 Å². The molecule has 1 saturated heterocycles. The number of carbonyl (C=O) groups is 1. The number of benzene rings is 2. The van der Waals surface area contributed by atoms with Gasteiger partial charge in [0.1, 0.15) is 5.82 Å². The number of likely N-dealkylation sites (tertiary alicyclic amines) is 1. The predicted molar refractivity (Wildman–Crippen MR) is 108 cm³/mol. The first-order valence-electron chi connectivity index (χ1n) is 10.0. The molecule has 0 saturated carbocycles. The summed E-state index contributed by atoms with van der Waals surface area (Å²) in [4.78, 5) is 15.3. The molecule has 2 aromatic carbocycles. The van der Waals surface area contributed by atoms with Crippen LogP contribution in [0.15, 0.2) is 59.7 Å². The smallest absolute Gasteiger partial charge is 0.257 e. The normalized spacial score (nSPS) is 21.0. The molecule has 2 aromatic rings. The van der Waals surface area contributed by atoms with Crippen LogP contribution >= 0.6 is 0 Å². The molecule has 4 rings (SSSR count). The molecule has 0 bridgehead atoms. The monoisotopic (exact) mass is 379 g/mol. The summed E-state index contributed by atoms with van der Waals surface area (Å²) in [5.74, 6) is 0.467. The van der Waals surface area contributed by atoms with Crippen LogP contribution in [0.3, 0.4) is 0 Å². The van der Waals surface area contributed by atoms with Crippen molar-refractivity contribution in [1.82, 2.24) is 9.91 Å². The Bertz CT molecular complexity index is 842. The van der Waals surface area contributed by atoms with Gasteiger partial charge in [-0.3, -0.25) is 9.69 Å². The summed E-state index contributed by atoms with van der Waals surface area (Å²) < 4.78 is 13.4. The molecule has 0 N–H and O–H groups in total. The van der Waals surface area contributed by atoms with E-state index in [2.05, 4.69) is 11.8 Å². The van der Waals surface area contributed by atoms with E-state index in [0.717, 1.165) is 48.7 Å². The first kappa shape index (κ1) is 18.8. The van der Waals surface area contributed by atoms with Gasteiger partial charge in [0.05, 0.1) is 18.3 Å². The van der Waals surface area contributed by atoms with Gasteiger partial charge >= 0.3 is 0 Å². The van der Waals surface area contributed by atoms with Crippen molar-refractivity contribution < 1.29 is 9.18 Å². The van der Waals surface area contributed by atoms with E-state index < -0.39 is 0 Å². The molecule has 0 aliphatic carbocycles. The molecule has 146 valence electrons. The van der Waals surface area contributed by atoms with Gasteiger partial charge in [0, 0.05) is 6.42 Å². The van der Waals surface area contributed by atoms with Gasteiger partial charge in [-0.1, -0.05) is 49.4 Å². The van der Waals surface area contributed by atoms with Gasteiger partial charge in [-0.2, -0.15) is 5.10 Å². The number of carbonyl (C=O) groups excluding carboxylic acids is 1. The van der Waals surface area contributed by atoms with Crippen LogP contribution in [0.1, 0.15) is 43.4 Å². The minimum absolute atomic E-state index is 0.00908. The van der Waals surface area contributed by atoms with Gasteiger partial charge in [0.2, 0.25) is 0 Å².